The van der Waals surface area contributed by atoms with Crippen molar-refractivity contribution in [2.45, 2.75) is 20.0 Å². The molecule has 1 aromatic rings. The van der Waals surface area contributed by atoms with E-state index >= 15 is 0 Å². The number of carbonyl (C=O) groups excluding carboxylic acids is 1. The molecule has 0 amide bonds. The quantitative estimate of drug-likeness (QED) is 0.589. The van der Waals surface area contributed by atoms with Gasteiger partial charge in [0.05, 0.1) is 13.2 Å². The fraction of sp³-hybridized carbons (Fsp3) is 0.357. The Balaban J connectivity index is 2.51. The molecule has 0 aliphatic rings. The summed E-state index contributed by atoms with van der Waals surface area (Å²) in [5.41, 5.74) is 1.98. The number of ether oxygens (including phenoxy) is 2. The van der Waals surface area contributed by atoms with E-state index in [1.807, 2.05) is 24.3 Å². The van der Waals surface area contributed by atoms with Crippen LogP contribution in [-0.4, -0.2) is 19.7 Å². The van der Waals surface area contributed by atoms with Crippen LogP contribution in [0.4, 0.5) is 0 Å². The van der Waals surface area contributed by atoms with Gasteiger partial charge in [0.2, 0.25) is 0 Å². The first-order chi connectivity index (χ1) is 8.26. The van der Waals surface area contributed by atoms with Gasteiger partial charge >= 0.3 is 5.97 Å². The maximum absolute atomic E-state index is 11.0. The van der Waals surface area contributed by atoms with E-state index in [2.05, 4.69) is 11.8 Å². The monoisotopic (exact) mass is 232 g/mol. The van der Waals surface area contributed by atoms with Crippen molar-refractivity contribution in [1.29, 1.82) is 0 Å². The normalized spacial score (nSPS) is 9.29. The van der Waals surface area contributed by atoms with E-state index in [0.29, 0.717) is 13.2 Å². The molecule has 0 atom stereocenters. The van der Waals surface area contributed by atoms with Gasteiger partial charge in [-0.1, -0.05) is 24.0 Å². The third kappa shape index (κ3) is 5.19. The zero-order chi connectivity index (χ0) is 12.5. The number of hydrogen-bond donors (Lipinski definition) is 0. The van der Waals surface area contributed by atoms with Gasteiger partial charge < -0.3 is 9.47 Å². The van der Waals surface area contributed by atoms with E-state index in [9.17, 15) is 4.79 Å². The number of carbonyl (C=O) groups is 1. The Labute approximate surface area is 102 Å². The van der Waals surface area contributed by atoms with Crippen molar-refractivity contribution in [2.75, 3.05) is 13.7 Å². The van der Waals surface area contributed by atoms with Crippen molar-refractivity contribution in [2.24, 2.45) is 0 Å². The highest BCUT2D eigenvalue weighted by Gasteiger charge is 1.96. The summed E-state index contributed by atoms with van der Waals surface area (Å²) in [5.74, 6) is 5.41. The van der Waals surface area contributed by atoms with Gasteiger partial charge in [-0.15, -0.1) is 0 Å². The van der Waals surface area contributed by atoms with Gasteiger partial charge in [-0.05, 0) is 24.6 Å². The van der Waals surface area contributed by atoms with Crippen LogP contribution in [-0.2, 0) is 20.9 Å². The largest absolute Gasteiger partial charge is 0.465 e. The molecule has 17 heavy (non-hydrogen) atoms. The van der Waals surface area contributed by atoms with Crippen LogP contribution < -0.4 is 0 Å². The minimum Gasteiger partial charge on any atom is -0.465 e. The first-order valence-electron chi connectivity index (χ1n) is 5.48. The molecule has 0 aliphatic heterocycles. The molecule has 0 heterocycles. The Morgan fingerprint density at radius 2 is 2.00 bits per heavy atom. The lowest BCUT2D eigenvalue weighted by Gasteiger charge is -1.98. The van der Waals surface area contributed by atoms with Gasteiger partial charge in [-0.3, -0.25) is 4.79 Å². The van der Waals surface area contributed by atoms with Crippen LogP contribution >= 0.6 is 0 Å². The number of methoxy groups -OCH3 is 1. The Kier molecular flexibility index (Phi) is 5.84. The molecule has 0 saturated heterocycles. The Hall–Kier alpha value is -1.79. The predicted octanol–water partition coefficient (Wildman–Crippen LogP) is 2.14. The Bertz CT molecular complexity index is 409. The summed E-state index contributed by atoms with van der Waals surface area (Å²) < 4.78 is 9.78. The number of benzene rings is 1. The molecule has 1 aromatic carbocycles. The van der Waals surface area contributed by atoms with Gasteiger partial charge in [0.1, 0.15) is 6.42 Å². The van der Waals surface area contributed by atoms with Crippen molar-refractivity contribution in [3.8, 4) is 11.8 Å². The van der Waals surface area contributed by atoms with E-state index in [1.165, 1.54) is 0 Å². The molecule has 0 spiro atoms. The Morgan fingerprint density at radius 1 is 1.29 bits per heavy atom. The van der Waals surface area contributed by atoms with Gasteiger partial charge in [0.15, 0.2) is 0 Å². The van der Waals surface area contributed by atoms with Crippen molar-refractivity contribution < 1.29 is 14.3 Å². The predicted molar refractivity (Wildman–Crippen MR) is 65.3 cm³/mol. The lowest BCUT2D eigenvalue weighted by atomic mass is 10.1. The molecule has 3 heteroatoms. The lowest BCUT2D eigenvalue weighted by molar-refractivity contribution is -0.141. The molecule has 0 saturated carbocycles. The highest BCUT2D eigenvalue weighted by Crippen LogP contribution is 2.04. The van der Waals surface area contributed by atoms with Crippen LogP contribution in [0.15, 0.2) is 24.3 Å². The van der Waals surface area contributed by atoms with E-state index in [1.54, 1.807) is 14.0 Å². The zero-order valence-electron chi connectivity index (χ0n) is 10.2. The van der Waals surface area contributed by atoms with Crippen molar-refractivity contribution in [1.82, 2.24) is 0 Å². The SMILES string of the molecule is CCOC(=O)CC#Cc1ccc(COC)cc1. The van der Waals surface area contributed by atoms with Gasteiger partial charge in [-0.25, -0.2) is 0 Å². The summed E-state index contributed by atoms with van der Waals surface area (Å²) in [6, 6.07) is 7.73. The summed E-state index contributed by atoms with van der Waals surface area (Å²) in [7, 11) is 1.66. The minimum atomic E-state index is -0.281. The van der Waals surface area contributed by atoms with Crippen molar-refractivity contribution in [3.63, 3.8) is 0 Å². The fourth-order valence-electron chi connectivity index (χ4n) is 1.28. The maximum atomic E-state index is 11.0. The van der Waals surface area contributed by atoms with Crippen LogP contribution in [0.5, 0.6) is 0 Å². The molecular formula is C14H16O3. The van der Waals surface area contributed by atoms with Crippen LogP contribution in [0.25, 0.3) is 0 Å². The van der Waals surface area contributed by atoms with Gasteiger partial charge in [-0.2, -0.15) is 0 Å². The maximum Gasteiger partial charge on any atom is 0.317 e. The van der Waals surface area contributed by atoms with E-state index in [4.69, 9.17) is 9.47 Å². The lowest BCUT2D eigenvalue weighted by Crippen LogP contribution is -2.01. The molecule has 0 radical (unpaired) electrons. The summed E-state index contributed by atoms with van der Waals surface area (Å²) in [6.45, 7) is 2.77. The van der Waals surface area contributed by atoms with E-state index in [0.717, 1.165) is 11.1 Å². The molecule has 1 rings (SSSR count). The molecule has 0 aromatic heterocycles. The molecule has 0 bridgehead atoms. The first-order valence-corrected chi connectivity index (χ1v) is 5.48. The summed E-state index contributed by atoms with van der Waals surface area (Å²) in [4.78, 5) is 11.0. The molecule has 0 fully saturated rings. The molecule has 90 valence electrons. The smallest absolute Gasteiger partial charge is 0.317 e. The fourth-order valence-corrected chi connectivity index (χ4v) is 1.28. The second-order valence-corrected chi connectivity index (χ2v) is 3.41. The van der Waals surface area contributed by atoms with Crippen LogP contribution in [0.1, 0.15) is 24.5 Å². The summed E-state index contributed by atoms with van der Waals surface area (Å²) >= 11 is 0. The first kappa shape index (κ1) is 13.3. The third-order valence-electron chi connectivity index (χ3n) is 2.04. The van der Waals surface area contributed by atoms with Crippen molar-refractivity contribution in [3.05, 3.63) is 35.4 Å². The molecular weight excluding hydrogens is 216 g/mol. The van der Waals surface area contributed by atoms with Crippen LogP contribution in [0.3, 0.4) is 0 Å². The van der Waals surface area contributed by atoms with Crippen LogP contribution in [0, 0.1) is 11.8 Å². The average Bonchev–Trinajstić information content (AvgIpc) is 2.32. The summed E-state index contributed by atoms with van der Waals surface area (Å²) in [6.07, 6.45) is 0.133. The topological polar surface area (TPSA) is 35.5 Å². The second kappa shape index (κ2) is 7.48. The number of esters is 1. The molecule has 3 nitrogen and oxygen atoms in total. The van der Waals surface area contributed by atoms with E-state index < -0.39 is 0 Å². The van der Waals surface area contributed by atoms with E-state index in [-0.39, 0.29) is 12.4 Å². The second-order valence-electron chi connectivity index (χ2n) is 3.41. The van der Waals surface area contributed by atoms with Crippen LogP contribution in [0.2, 0.25) is 0 Å². The standard InChI is InChI=1S/C14H16O3/c1-3-17-14(15)6-4-5-12-7-9-13(10-8-12)11-16-2/h7-10H,3,6,11H2,1-2H3. The van der Waals surface area contributed by atoms with Gasteiger partial charge in [0.25, 0.3) is 0 Å². The average molecular weight is 232 g/mol. The molecule has 0 aliphatic carbocycles. The molecule has 0 unspecified atom stereocenters. The molecule has 0 N–H and O–H groups in total. The minimum absolute atomic E-state index is 0.133. The Morgan fingerprint density at radius 3 is 2.59 bits per heavy atom. The summed E-state index contributed by atoms with van der Waals surface area (Å²) in [5, 5.41) is 0. The highest BCUT2D eigenvalue weighted by molar-refractivity contribution is 5.72. The number of rotatable bonds is 4. The zero-order valence-corrected chi connectivity index (χ0v) is 10.2. The van der Waals surface area contributed by atoms with Gasteiger partial charge in [0, 0.05) is 12.7 Å². The highest BCUT2D eigenvalue weighted by atomic mass is 16.5. The number of hydrogen-bond acceptors (Lipinski definition) is 3. The third-order valence-corrected chi connectivity index (χ3v) is 2.04. The van der Waals surface area contributed by atoms with Crippen molar-refractivity contribution >= 4 is 5.97 Å².